The molecule has 2 heterocycles. The first-order valence-electron chi connectivity index (χ1n) is 11.1. The van der Waals surface area contributed by atoms with Gasteiger partial charge in [-0.3, -0.25) is 9.59 Å². The lowest BCUT2D eigenvalue weighted by Crippen LogP contribution is -2.48. The number of hydrogen-bond donors (Lipinski definition) is 0. The van der Waals surface area contributed by atoms with Gasteiger partial charge in [0.1, 0.15) is 11.6 Å². The van der Waals surface area contributed by atoms with Gasteiger partial charge in [-0.05, 0) is 69.3 Å². The fourth-order valence-electron chi connectivity index (χ4n) is 4.14. The highest BCUT2D eigenvalue weighted by atomic mass is 19.1. The highest BCUT2D eigenvalue weighted by molar-refractivity contribution is 5.94. The van der Waals surface area contributed by atoms with Crippen LogP contribution in [-0.4, -0.2) is 52.5 Å². The van der Waals surface area contributed by atoms with E-state index in [1.165, 1.54) is 31.2 Å². The highest BCUT2D eigenvalue weighted by Gasteiger charge is 2.22. The van der Waals surface area contributed by atoms with Crippen molar-refractivity contribution in [2.45, 2.75) is 20.8 Å². The first kappa shape index (κ1) is 23.4. The summed E-state index contributed by atoms with van der Waals surface area (Å²) in [6, 6.07) is 10.6. The van der Waals surface area contributed by atoms with Crippen molar-refractivity contribution in [1.29, 1.82) is 0 Å². The normalized spacial score (nSPS) is 14.1. The molecule has 3 aromatic rings. The number of aryl methyl sites for hydroxylation is 1. The second kappa shape index (κ2) is 9.59. The second-order valence-electron chi connectivity index (χ2n) is 8.34. The number of rotatable bonds is 5. The van der Waals surface area contributed by atoms with Gasteiger partial charge in [-0.1, -0.05) is 0 Å². The molecule has 34 heavy (non-hydrogen) atoms. The minimum absolute atomic E-state index is 0.125. The molecule has 0 aliphatic carbocycles. The number of aromatic nitrogens is 2. The summed E-state index contributed by atoms with van der Waals surface area (Å²) in [5.41, 5.74) is 3.97. The van der Waals surface area contributed by atoms with Gasteiger partial charge < -0.3 is 9.80 Å². The predicted octanol–water partition coefficient (Wildman–Crippen LogP) is 4.33. The quantitative estimate of drug-likeness (QED) is 0.417. The molecule has 8 heteroatoms. The van der Waals surface area contributed by atoms with Crippen LogP contribution in [0.3, 0.4) is 0 Å². The largest absolute Gasteiger partial charge is 0.366 e. The number of carbonyl (C=O) groups excluding carboxylic acids is 2. The van der Waals surface area contributed by atoms with E-state index in [1.807, 2.05) is 18.7 Å². The first-order chi connectivity index (χ1) is 16.2. The molecule has 0 bridgehead atoms. The van der Waals surface area contributed by atoms with Gasteiger partial charge in [0, 0.05) is 49.1 Å². The van der Waals surface area contributed by atoms with Gasteiger partial charge in [-0.25, -0.2) is 13.5 Å². The second-order valence-corrected chi connectivity index (χ2v) is 8.34. The first-order valence-corrected chi connectivity index (χ1v) is 11.1. The van der Waals surface area contributed by atoms with Gasteiger partial charge in [-0.15, -0.1) is 0 Å². The van der Waals surface area contributed by atoms with Crippen LogP contribution in [-0.2, 0) is 4.79 Å². The summed E-state index contributed by atoms with van der Waals surface area (Å²) < 4.78 is 29.4. The van der Waals surface area contributed by atoms with Crippen molar-refractivity contribution in [2.75, 3.05) is 31.1 Å². The molecule has 1 aliphatic rings. The molecule has 6 nitrogen and oxygen atoms in total. The van der Waals surface area contributed by atoms with Gasteiger partial charge >= 0.3 is 0 Å². The minimum Gasteiger partial charge on any atom is -0.366 e. The molecular formula is C26H26F2N4O2. The topological polar surface area (TPSA) is 58.4 Å². The summed E-state index contributed by atoms with van der Waals surface area (Å²) >= 11 is 0. The molecule has 0 unspecified atom stereocenters. The number of carbonyl (C=O) groups is 2. The van der Waals surface area contributed by atoms with Crippen LogP contribution >= 0.6 is 0 Å². The highest BCUT2D eigenvalue weighted by Crippen LogP contribution is 2.23. The molecule has 0 N–H and O–H groups in total. The molecule has 1 aromatic heterocycles. The molecule has 0 spiro atoms. The Balaban J connectivity index is 1.41. The van der Waals surface area contributed by atoms with E-state index in [0.29, 0.717) is 37.4 Å². The molecule has 2 aromatic carbocycles. The Morgan fingerprint density at radius 3 is 2.26 bits per heavy atom. The summed E-state index contributed by atoms with van der Waals surface area (Å²) in [7, 11) is 0. The van der Waals surface area contributed by atoms with E-state index in [4.69, 9.17) is 0 Å². The standard InChI is InChI=1S/C26H26F2N4O2/c1-17-23(18(2)32(29-17)22-7-5-21(27)6-8-22)9-11-26(34)31-14-12-30(13-15-31)25-10-4-20(19(3)33)16-24(25)28/h4-11,16H,12-15H2,1-3H3/b11-9+. The van der Waals surface area contributed by atoms with E-state index in [2.05, 4.69) is 5.10 Å². The third-order valence-electron chi connectivity index (χ3n) is 6.10. The molecule has 1 saturated heterocycles. The van der Waals surface area contributed by atoms with Crippen molar-refractivity contribution in [2.24, 2.45) is 0 Å². The minimum atomic E-state index is -0.434. The Kier molecular flexibility index (Phi) is 6.58. The number of hydrogen-bond acceptors (Lipinski definition) is 4. The van der Waals surface area contributed by atoms with Crippen molar-refractivity contribution >= 4 is 23.5 Å². The maximum Gasteiger partial charge on any atom is 0.246 e. The predicted molar refractivity (Wildman–Crippen MR) is 127 cm³/mol. The Hall–Kier alpha value is -3.81. The summed E-state index contributed by atoms with van der Waals surface area (Å²) in [6.45, 7) is 7.09. The van der Waals surface area contributed by atoms with Crippen LogP contribution in [0.15, 0.2) is 48.5 Å². The van der Waals surface area contributed by atoms with Crippen LogP contribution in [0.4, 0.5) is 14.5 Å². The zero-order chi connectivity index (χ0) is 24.4. The molecular weight excluding hydrogens is 438 g/mol. The monoisotopic (exact) mass is 464 g/mol. The molecule has 4 rings (SSSR count). The Morgan fingerprint density at radius 1 is 0.971 bits per heavy atom. The number of ketones is 1. The molecule has 0 saturated carbocycles. The zero-order valence-corrected chi connectivity index (χ0v) is 19.4. The maximum atomic E-state index is 14.5. The summed E-state index contributed by atoms with van der Waals surface area (Å²) in [5, 5.41) is 4.52. The van der Waals surface area contributed by atoms with Crippen molar-refractivity contribution in [3.05, 3.63) is 82.7 Å². The van der Waals surface area contributed by atoms with Crippen molar-refractivity contribution in [3.63, 3.8) is 0 Å². The van der Waals surface area contributed by atoms with Crippen molar-refractivity contribution in [1.82, 2.24) is 14.7 Å². The van der Waals surface area contributed by atoms with E-state index in [-0.39, 0.29) is 17.5 Å². The SMILES string of the molecule is CC(=O)c1ccc(N2CCN(C(=O)/C=C/c3c(C)nn(-c4ccc(F)cc4)c3C)CC2)c(F)c1. The number of anilines is 1. The average molecular weight is 465 g/mol. The van der Waals surface area contributed by atoms with Crippen molar-refractivity contribution < 1.29 is 18.4 Å². The number of amides is 1. The van der Waals surface area contributed by atoms with Crippen LogP contribution in [0.25, 0.3) is 11.8 Å². The van der Waals surface area contributed by atoms with Gasteiger partial charge in [0.2, 0.25) is 5.91 Å². The van der Waals surface area contributed by atoms with Gasteiger partial charge in [0.15, 0.2) is 5.78 Å². The molecule has 1 aliphatic heterocycles. The fourth-order valence-corrected chi connectivity index (χ4v) is 4.14. The van der Waals surface area contributed by atoms with Crippen molar-refractivity contribution in [3.8, 4) is 5.69 Å². The number of nitrogens with zero attached hydrogens (tertiary/aromatic N) is 4. The third-order valence-corrected chi connectivity index (χ3v) is 6.10. The van der Waals surface area contributed by atoms with Gasteiger partial charge in [0.25, 0.3) is 0 Å². The summed E-state index contributed by atoms with van der Waals surface area (Å²) in [4.78, 5) is 27.8. The van der Waals surface area contributed by atoms with Crippen LogP contribution in [0.5, 0.6) is 0 Å². The molecule has 1 fully saturated rings. The average Bonchev–Trinajstić information content (AvgIpc) is 3.11. The van der Waals surface area contributed by atoms with Crippen LogP contribution < -0.4 is 4.90 Å². The molecule has 0 radical (unpaired) electrons. The zero-order valence-electron chi connectivity index (χ0n) is 19.4. The van der Waals surface area contributed by atoms with Gasteiger partial charge in [-0.2, -0.15) is 5.10 Å². The van der Waals surface area contributed by atoms with Crippen LogP contribution in [0.2, 0.25) is 0 Å². The Labute approximate surface area is 197 Å². The fraction of sp³-hybridized carbons (Fsp3) is 0.269. The molecule has 1 amide bonds. The summed E-state index contributed by atoms with van der Waals surface area (Å²) in [6.07, 6.45) is 3.29. The molecule has 176 valence electrons. The number of benzene rings is 2. The summed E-state index contributed by atoms with van der Waals surface area (Å²) in [5.74, 6) is -1.05. The lowest BCUT2D eigenvalue weighted by molar-refractivity contribution is -0.126. The number of piperazine rings is 1. The smallest absolute Gasteiger partial charge is 0.246 e. The maximum absolute atomic E-state index is 14.5. The van der Waals surface area contributed by atoms with E-state index in [0.717, 1.165) is 22.6 Å². The van der Waals surface area contributed by atoms with E-state index < -0.39 is 5.82 Å². The van der Waals surface area contributed by atoms with E-state index in [9.17, 15) is 18.4 Å². The Morgan fingerprint density at radius 2 is 1.65 bits per heavy atom. The lowest BCUT2D eigenvalue weighted by Gasteiger charge is -2.35. The third kappa shape index (κ3) is 4.76. The van der Waals surface area contributed by atoms with Crippen LogP contribution in [0.1, 0.15) is 34.2 Å². The van der Waals surface area contributed by atoms with Gasteiger partial charge in [0.05, 0.1) is 17.1 Å². The van der Waals surface area contributed by atoms with E-state index in [1.54, 1.807) is 39.9 Å². The number of Topliss-reactive ketones (excluding diaryl/α,β-unsaturated/α-hetero) is 1. The Bertz CT molecular complexity index is 1260. The number of halogens is 2. The van der Waals surface area contributed by atoms with E-state index >= 15 is 0 Å². The molecule has 0 atom stereocenters. The lowest BCUT2D eigenvalue weighted by atomic mass is 10.1. The van der Waals surface area contributed by atoms with Crippen LogP contribution in [0, 0.1) is 25.5 Å².